The van der Waals surface area contributed by atoms with Crippen molar-refractivity contribution in [1.82, 2.24) is 9.82 Å². The number of aromatic nitrogens is 1. The Morgan fingerprint density at radius 2 is 1.84 bits per heavy atom. The van der Waals surface area contributed by atoms with Gasteiger partial charge in [0.25, 0.3) is 15.7 Å². The molecular formula is C11H7BrClN5O6S. The molecule has 1 heterocycles. The van der Waals surface area contributed by atoms with E-state index in [1.165, 1.54) is 6.07 Å². The molecule has 2 aromatic rings. The summed E-state index contributed by atoms with van der Waals surface area (Å²) in [7, 11) is -4.14. The van der Waals surface area contributed by atoms with E-state index in [0.29, 0.717) is 6.07 Å². The molecule has 1 aromatic carbocycles. The van der Waals surface area contributed by atoms with Crippen LogP contribution in [0.15, 0.2) is 39.8 Å². The van der Waals surface area contributed by atoms with Gasteiger partial charge in [0, 0.05) is 12.3 Å². The smallest absolute Gasteiger partial charge is 0.300 e. The third-order valence-electron chi connectivity index (χ3n) is 2.79. The molecule has 0 atom stereocenters. The van der Waals surface area contributed by atoms with Crippen LogP contribution < -0.4 is 10.3 Å². The summed E-state index contributed by atoms with van der Waals surface area (Å²) in [5.41, 5.74) is 0.695. The van der Waals surface area contributed by atoms with E-state index in [0.717, 1.165) is 18.3 Å². The van der Waals surface area contributed by atoms with E-state index in [2.05, 4.69) is 26.3 Å². The van der Waals surface area contributed by atoms with Crippen LogP contribution in [0.3, 0.4) is 0 Å². The molecule has 14 heteroatoms. The highest BCUT2D eigenvalue weighted by atomic mass is 79.9. The number of hydrogen-bond donors (Lipinski definition) is 2. The molecule has 2 rings (SSSR count). The van der Waals surface area contributed by atoms with Crippen molar-refractivity contribution >= 4 is 54.6 Å². The second kappa shape index (κ2) is 7.26. The standard InChI is InChI=1S/C11H7BrClN5O6S/c12-8-4-7(5-14-11(8)13)25(23,24)16-15-9-2-1-6(17(19)20)3-10(9)18(21)22/h1-5,15-16H. The molecule has 11 nitrogen and oxygen atoms in total. The molecule has 0 bridgehead atoms. The van der Waals surface area contributed by atoms with Crippen molar-refractivity contribution in [2.75, 3.05) is 5.43 Å². The van der Waals surface area contributed by atoms with E-state index in [4.69, 9.17) is 11.6 Å². The predicted molar refractivity (Wildman–Crippen MR) is 90.6 cm³/mol. The van der Waals surface area contributed by atoms with Crippen molar-refractivity contribution in [1.29, 1.82) is 0 Å². The van der Waals surface area contributed by atoms with Crippen molar-refractivity contribution in [3.05, 3.63) is 60.3 Å². The molecule has 0 saturated carbocycles. The Bertz CT molecular complexity index is 969. The van der Waals surface area contributed by atoms with Gasteiger partial charge >= 0.3 is 5.69 Å². The van der Waals surface area contributed by atoms with Crippen LogP contribution in [0.5, 0.6) is 0 Å². The van der Waals surface area contributed by atoms with Crippen molar-refractivity contribution < 1.29 is 18.3 Å². The van der Waals surface area contributed by atoms with Crippen molar-refractivity contribution in [2.24, 2.45) is 0 Å². The first kappa shape index (κ1) is 19.0. The van der Waals surface area contributed by atoms with Gasteiger partial charge in [0.2, 0.25) is 0 Å². The Labute approximate surface area is 153 Å². The number of nitrogens with one attached hydrogen (secondary N) is 2. The Morgan fingerprint density at radius 1 is 1.16 bits per heavy atom. The van der Waals surface area contributed by atoms with E-state index in [1.54, 1.807) is 0 Å². The highest BCUT2D eigenvalue weighted by Gasteiger charge is 2.22. The van der Waals surface area contributed by atoms with E-state index in [9.17, 15) is 28.6 Å². The fourth-order valence-corrected chi connectivity index (χ4v) is 3.05. The minimum Gasteiger partial charge on any atom is -0.302 e. The highest BCUT2D eigenvalue weighted by Crippen LogP contribution is 2.29. The summed E-state index contributed by atoms with van der Waals surface area (Å²) >= 11 is 8.71. The molecule has 0 amide bonds. The van der Waals surface area contributed by atoms with Crippen LogP contribution in [-0.2, 0) is 10.0 Å². The molecule has 0 aliphatic heterocycles. The average molecular weight is 453 g/mol. The molecule has 0 spiro atoms. The zero-order valence-corrected chi connectivity index (χ0v) is 15.0. The second-order valence-electron chi connectivity index (χ2n) is 4.39. The SMILES string of the molecule is O=[N+]([O-])c1ccc(NNS(=O)(=O)c2cnc(Cl)c(Br)c2)c([N+](=O)[O-])c1. The van der Waals surface area contributed by atoms with Crippen molar-refractivity contribution in [3.63, 3.8) is 0 Å². The number of rotatable bonds is 6. The predicted octanol–water partition coefficient (Wildman–Crippen LogP) is 2.62. The van der Waals surface area contributed by atoms with Gasteiger partial charge in [-0.25, -0.2) is 13.4 Å². The number of hydrazine groups is 1. The lowest BCUT2D eigenvalue weighted by atomic mass is 10.2. The van der Waals surface area contributed by atoms with Gasteiger partial charge in [-0.3, -0.25) is 20.2 Å². The second-order valence-corrected chi connectivity index (χ2v) is 7.28. The van der Waals surface area contributed by atoms with Gasteiger partial charge in [-0.2, -0.15) is 0 Å². The average Bonchev–Trinajstić information content (AvgIpc) is 2.55. The number of nitro groups is 2. The highest BCUT2D eigenvalue weighted by molar-refractivity contribution is 9.10. The minimum absolute atomic E-state index is 0.0536. The number of benzene rings is 1. The summed E-state index contributed by atoms with van der Waals surface area (Å²) in [4.78, 5) is 25.3. The summed E-state index contributed by atoms with van der Waals surface area (Å²) < 4.78 is 24.6. The van der Waals surface area contributed by atoms with Gasteiger partial charge in [-0.05, 0) is 28.1 Å². The first-order valence-electron chi connectivity index (χ1n) is 6.13. The normalized spacial score (nSPS) is 11.1. The van der Waals surface area contributed by atoms with E-state index in [1.807, 2.05) is 4.83 Å². The third kappa shape index (κ3) is 4.39. The van der Waals surface area contributed by atoms with E-state index in [-0.39, 0.29) is 20.2 Å². The Morgan fingerprint density at radius 3 is 2.40 bits per heavy atom. The van der Waals surface area contributed by atoms with Crippen molar-refractivity contribution in [3.8, 4) is 0 Å². The van der Waals surface area contributed by atoms with Crippen molar-refractivity contribution in [2.45, 2.75) is 4.90 Å². The Balaban J connectivity index is 2.29. The van der Waals surface area contributed by atoms with E-state index >= 15 is 0 Å². The molecule has 2 N–H and O–H groups in total. The molecule has 0 fully saturated rings. The number of hydrogen-bond acceptors (Lipinski definition) is 8. The van der Waals surface area contributed by atoms with Crippen LogP contribution in [0.25, 0.3) is 0 Å². The van der Waals surface area contributed by atoms with Crippen LogP contribution >= 0.6 is 27.5 Å². The third-order valence-corrected chi connectivity index (χ3v) is 5.14. The molecule has 1 aromatic heterocycles. The summed E-state index contributed by atoms with van der Waals surface area (Å²) in [6, 6.07) is 3.89. The maximum Gasteiger partial charge on any atom is 0.300 e. The van der Waals surface area contributed by atoms with Gasteiger partial charge in [0.05, 0.1) is 20.4 Å². The summed E-state index contributed by atoms with van der Waals surface area (Å²) in [6.07, 6.45) is 0.987. The number of halogens is 2. The fourth-order valence-electron chi connectivity index (χ4n) is 1.62. The maximum absolute atomic E-state index is 12.2. The summed E-state index contributed by atoms with van der Waals surface area (Å²) in [6.45, 7) is 0. The molecule has 132 valence electrons. The minimum atomic E-state index is -4.14. The monoisotopic (exact) mass is 451 g/mol. The van der Waals surface area contributed by atoms with Gasteiger partial charge in [0.15, 0.2) is 0 Å². The summed E-state index contributed by atoms with van der Waals surface area (Å²) in [5, 5.41) is 21.7. The molecular weight excluding hydrogens is 446 g/mol. The lowest BCUT2D eigenvalue weighted by Gasteiger charge is -2.10. The quantitative estimate of drug-likeness (QED) is 0.384. The Hall–Kier alpha value is -2.35. The lowest BCUT2D eigenvalue weighted by Crippen LogP contribution is -2.30. The maximum atomic E-state index is 12.2. The van der Waals surface area contributed by atoms with Gasteiger partial charge < -0.3 is 5.43 Å². The number of anilines is 1. The topological polar surface area (TPSA) is 157 Å². The Kier molecular flexibility index (Phi) is 5.52. The van der Waals surface area contributed by atoms with Crippen LogP contribution in [0.4, 0.5) is 17.1 Å². The number of nitrogens with zero attached hydrogens (tertiary/aromatic N) is 3. The largest absolute Gasteiger partial charge is 0.302 e. The first-order chi connectivity index (χ1) is 11.6. The number of pyridine rings is 1. The number of non-ortho nitro benzene ring substituents is 1. The van der Waals surface area contributed by atoms with Crippen LogP contribution in [0.1, 0.15) is 0 Å². The fraction of sp³-hybridized carbons (Fsp3) is 0. The van der Waals surface area contributed by atoms with Gasteiger partial charge in [-0.1, -0.05) is 11.6 Å². The molecule has 0 aliphatic rings. The zero-order chi connectivity index (χ0) is 18.8. The number of nitro benzene ring substituents is 2. The van der Waals surface area contributed by atoms with Gasteiger partial charge in [0.1, 0.15) is 15.7 Å². The van der Waals surface area contributed by atoms with Gasteiger partial charge in [-0.15, -0.1) is 4.83 Å². The molecule has 0 saturated heterocycles. The molecule has 0 radical (unpaired) electrons. The number of sulfonamides is 1. The molecule has 25 heavy (non-hydrogen) atoms. The van der Waals surface area contributed by atoms with E-state index < -0.39 is 31.2 Å². The zero-order valence-electron chi connectivity index (χ0n) is 11.8. The molecule has 0 unspecified atom stereocenters. The van der Waals surface area contributed by atoms with Crippen LogP contribution in [0, 0.1) is 20.2 Å². The lowest BCUT2D eigenvalue weighted by molar-refractivity contribution is -0.393. The summed E-state index contributed by atoms with van der Waals surface area (Å²) in [5.74, 6) is 0. The molecule has 0 aliphatic carbocycles. The first-order valence-corrected chi connectivity index (χ1v) is 8.79. The van der Waals surface area contributed by atoms with Crippen LogP contribution in [-0.4, -0.2) is 23.2 Å². The van der Waals surface area contributed by atoms with Crippen LogP contribution in [0.2, 0.25) is 5.15 Å².